The average Bonchev–Trinajstić information content (AvgIpc) is 2.37. The molecule has 0 spiro atoms. The topological polar surface area (TPSA) is 20.3 Å². The minimum absolute atomic E-state index is 0.323. The number of quaternary nitrogens is 1. The summed E-state index contributed by atoms with van der Waals surface area (Å²) in [6.07, 6.45) is 1.40. The molecular formula is C16H21N2O+. The van der Waals surface area contributed by atoms with Gasteiger partial charge in [0, 0.05) is 30.5 Å². The molecular weight excluding hydrogens is 236 g/mol. The molecule has 4 saturated heterocycles. The highest BCUT2D eigenvalue weighted by Gasteiger charge is 2.51. The zero-order valence-electron chi connectivity index (χ0n) is 11.3. The summed E-state index contributed by atoms with van der Waals surface area (Å²) in [4.78, 5) is 15.1. The maximum atomic E-state index is 12.5. The van der Waals surface area contributed by atoms with Crippen LogP contribution in [0.15, 0.2) is 30.3 Å². The smallest absolute Gasteiger partial charge is 0.216 e. The Morgan fingerprint density at radius 3 is 2.47 bits per heavy atom. The molecule has 0 saturated carbocycles. The summed E-state index contributed by atoms with van der Waals surface area (Å²) in [5, 5.41) is 0. The summed E-state index contributed by atoms with van der Waals surface area (Å²) in [5.74, 6) is 2.00. The zero-order chi connectivity index (χ0) is 12.9. The Bertz CT molecular complexity index is 461. The van der Waals surface area contributed by atoms with Crippen molar-refractivity contribution in [1.29, 1.82) is 0 Å². The third kappa shape index (κ3) is 2.01. The molecule has 1 aromatic rings. The van der Waals surface area contributed by atoms with E-state index in [9.17, 15) is 4.79 Å². The van der Waals surface area contributed by atoms with Crippen LogP contribution >= 0.6 is 0 Å². The van der Waals surface area contributed by atoms with Crippen molar-refractivity contribution in [1.82, 2.24) is 4.90 Å². The number of carbonyl (C=O) groups is 1. The molecule has 19 heavy (non-hydrogen) atoms. The van der Waals surface area contributed by atoms with Crippen molar-refractivity contribution in [2.45, 2.75) is 6.42 Å². The van der Waals surface area contributed by atoms with Crippen LogP contribution in [0.3, 0.4) is 0 Å². The van der Waals surface area contributed by atoms with Gasteiger partial charge in [-0.1, -0.05) is 30.3 Å². The van der Waals surface area contributed by atoms with Crippen LogP contribution in [0.1, 0.15) is 16.8 Å². The highest BCUT2D eigenvalue weighted by Crippen LogP contribution is 2.38. The van der Waals surface area contributed by atoms with E-state index in [1.54, 1.807) is 0 Å². The second kappa shape index (κ2) is 4.15. The number of Topliss-reactive ketones (excluding diaryl/α,β-unsaturated/α-hetero) is 1. The van der Waals surface area contributed by atoms with Crippen LogP contribution in [0.4, 0.5) is 0 Å². The Morgan fingerprint density at radius 1 is 1.16 bits per heavy atom. The first-order valence-corrected chi connectivity index (χ1v) is 7.38. The van der Waals surface area contributed by atoms with Crippen LogP contribution in [0.5, 0.6) is 0 Å². The molecule has 4 bridgehead atoms. The number of piperidine rings is 2. The van der Waals surface area contributed by atoms with E-state index in [1.807, 2.05) is 30.3 Å². The summed E-state index contributed by atoms with van der Waals surface area (Å²) < 4.78 is 1.03. The fourth-order valence-corrected chi connectivity index (χ4v) is 4.71. The lowest BCUT2D eigenvalue weighted by molar-refractivity contribution is -0.954. The van der Waals surface area contributed by atoms with Gasteiger partial charge in [-0.2, -0.15) is 0 Å². The maximum Gasteiger partial charge on any atom is 0.216 e. The molecule has 5 rings (SSSR count). The molecule has 2 atom stereocenters. The van der Waals surface area contributed by atoms with Crippen molar-refractivity contribution < 1.29 is 9.28 Å². The summed E-state index contributed by atoms with van der Waals surface area (Å²) in [6.45, 7) is 6.81. The van der Waals surface area contributed by atoms with Gasteiger partial charge in [0.25, 0.3) is 0 Å². The highest BCUT2D eigenvalue weighted by molar-refractivity contribution is 5.96. The van der Waals surface area contributed by atoms with Gasteiger partial charge in [0.05, 0.1) is 13.1 Å². The van der Waals surface area contributed by atoms with Gasteiger partial charge >= 0.3 is 0 Å². The Balaban J connectivity index is 1.55. The molecule has 0 aromatic heterocycles. The predicted molar refractivity (Wildman–Crippen MR) is 73.7 cm³/mol. The summed E-state index contributed by atoms with van der Waals surface area (Å²) >= 11 is 0. The van der Waals surface area contributed by atoms with E-state index in [0.717, 1.165) is 28.6 Å². The van der Waals surface area contributed by atoms with E-state index in [2.05, 4.69) is 4.90 Å². The monoisotopic (exact) mass is 257 g/mol. The number of hydrogen-bond donors (Lipinski definition) is 0. The molecule has 3 heteroatoms. The highest BCUT2D eigenvalue weighted by atomic mass is 16.1. The minimum atomic E-state index is 0.323. The quantitative estimate of drug-likeness (QED) is 0.605. The lowest BCUT2D eigenvalue weighted by Crippen LogP contribution is -2.72. The number of carbonyl (C=O) groups excluding carboxylic acids is 1. The lowest BCUT2D eigenvalue weighted by atomic mass is 9.80. The van der Waals surface area contributed by atoms with Crippen LogP contribution in [-0.4, -0.2) is 54.6 Å². The van der Waals surface area contributed by atoms with Gasteiger partial charge < -0.3 is 4.48 Å². The zero-order valence-corrected chi connectivity index (χ0v) is 11.3. The van der Waals surface area contributed by atoms with Gasteiger partial charge in [-0.25, -0.2) is 0 Å². The standard InChI is InChI=1S/C16H21N2O/c19-16(15-4-2-1-3-5-15)11-18-9-13-6-14(10-18)8-17(7-13)12-18/h1-5,13-14H,6-12H2/q+1. The normalized spacial score (nSPS) is 39.5. The van der Waals surface area contributed by atoms with Crippen LogP contribution < -0.4 is 0 Å². The van der Waals surface area contributed by atoms with Crippen molar-refractivity contribution in [2.75, 3.05) is 39.4 Å². The molecule has 0 radical (unpaired) electrons. The van der Waals surface area contributed by atoms with Gasteiger partial charge in [0.2, 0.25) is 5.78 Å². The Morgan fingerprint density at radius 2 is 1.84 bits per heavy atom. The average molecular weight is 257 g/mol. The Labute approximate surface area is 114 Å². The van der Waals surface area contributed by atoms with E-state index in [0.29, 0.717) is 12.3 Å². The second-order valence-corrected chi connectivity index (χ2v) is 6.80. The third-order valence-electron chi connectivity index (χ3n) is 5.07. The summed E-state index contributed by atoms with van der Waals surface area (Å²) in [5.41, 5.74) is 0.881. The van der Waals surface area contributed by atoms with Crippen molar-refractivity contribution in [3.63, 3.8) is 0 Å². The van der Waals surface area contributed by atoms with Crippen molar-refractivity contribution in [3.8, 4) is 0 Å². The molecule has 0 aliphatic carbocycles. The van der Waals surface area contributed by atoms with E-state index in [4.69, 9.17) is 0 Å². The number of benzene rings is 1. The van der Waals surface area contributed by atoms with E-state index < -0.39 is 0 Å². The van der Waals surface area contributed by atoms with Crippen LogP contribution in [-0.2, 0) is 0 Å². The number of nitrogens with zero attached hydrogens (tertiary/aromatic N) is 2. The maximum absolute atomic E-state index is 12.5. The van der Waals surface area contributed by atoms with E-state index in [1.165, 1.54) is 32.6 Å². The first-order chi connectivity index (χ1) is 9.22. The molecule has 1 aromatic carbocycles. The molecule has 4 aliphatic heterocycles. The van der Waals surface area contributed by atoms with Crippen molar-refractivity contribution in [3.05, 3.63) is 35.9 Å². The van der Waals surface area contributed by atoms with Crippen LogP contribution in [0.2, 0.25) is 0 Å². The molecule has 4 heterocycles. The fourth-order valence-electron chi connectivity index (χ4n) is 4.71. The SMILES string of the molecule is O=C(C[N+]12CC3CC(CN(C3)C1)C2)c1ccccc1. The lowest BCUT2D eigenvalue weighted by Gasteiger charge is -2.58. The van der Waals surface area contributed by atoms with Gasteiger partial charge in [-0.3, -0.25) is 9.69 Å². The largest absolute Gasteiger partial charge is 0.304 e. The van der Waals surface area contributed by atoms with Crippen LogP contribution in [0, 0.1) is 11.8 Å². The van der Waals surface area contributed by atoms with Gasteiger partial charge in [0.15, 0.2) is 0 Å². The van der Waals surface area contributed by atoms with Crippen molar-refractivity contribution >= 4 is 5.78 Å². The second-order valence-electron chi connectivity index (χ2n) is 6.80. The third-order valence-corrected chi connectivity index (χ3v) is 5.07. The predicted octanol–water partition coefficient (Wildman–Crippen LogP) is 1.61. The molecule has 4 fully saturated rings. The van der Waals surface area contributed by atoms with E-state index >= 15 is 0 Å². The summed E-state index contributed by atoms with van der Waals surface area (Å²) in [6, 6.07) is 9.80. The Kier molecular flexibility index (Phi) is 2.54. The molecule has 0 N–H and O–H groups in total. The molecule has 4 aliphatic rings. The van der Waals surface area contributed by atoms with Crippen LogP contribution in [0.25, 0.3) is 0 Å². The molecule has 0 amide bonds. The number of hydrogen-bond acceptors (Lipinski definition) is 2. The molecule has 3 nitrogen and oxygen atoms in total. The summed E-state index contributed by atoms with van der Waals surface area (Å²) in [7, 11) is 0. The molecule has 2 unspecified atom stereocenters. The fraction of sp³-hybridized carbons (Fsp3) is 0.562. The van der Waals surface area contributed by atoms with Gasteiger partial charge in [0.1, 0.15) is 13.2 Å². The number of rotatable bonds is 3. The minimum Gasteiger partial charge on any atom is -0.304 e. The van der Waals surface area contributed by atoms with Gasteiger partial charge in [-0.15, -0.1) is 0 Å². The first-order valence-electron chi connectivity index (χ1n) is 7.38. The Hall–Kier alpha value is -1.19. The van der Waals surface area contributed by atoms with Crippen molar-refractivity contribution in [2.24, 2.45) is 11.8 Å². The van der Waals surface area contributed by atoms with Gasteiger partial charge in [-0.05, 0) is 6.42 Å². The first kappa shape index (κ1) is 11.6. The molecule has 100 valence electrons. The van der Waals surface area contributed by atoms with E-state index in [-0.39, 0.29) is 0 Å². The number of ketones is 1.